The number of rotatable bonds is 3. The van der Waals surface area contributed by atoms with Gasteiger partial charge >= 0.3 is 12.0 Å². The Morgan fingerprint density at radius 3 is 2.58 bits per heavy atom. The number of amides is 2. The molecule has 0 aliphatic carbocycles. The van der Waals surface area contributed by atoms with Gasteiger partial charge in [-0.3, -0.25) is 5.32 Å². The number of carboxylic acids is 1. The fourth-order valence-corrected chi connectivity index (χ4v) is 2.26. The molecule has 0 atom stereocenters. The topological polar surface area (TPSA) is 78.4 Å². The first-order chi connectivity index (χ1) is 9.04. The smallest absolute Gasteiger partial charge is 0.345 e. The normalized spacial score (nSPS) is 9.95. The molecule has 0 unspecified atom stereocenters. The summed E-state index contributed by atoms with van der Waals surface area (Å²) in [5, 5.41) is 14.5. The highest BCUT2D eigenvalue weighted by Crippen LogP contribution is 2.22. The quantitative estimate of drug-likeness (QED) is 0.804. The summed E-state index contributed by atoms with van der Waals surface area (Å²) in [5.41, 5.74) is 1.73. The number of nitrogens with one attached hydrogen (secondary N) is 2. The van der Waals surface area contributed by atoms with Crippen LogP contribution in [0, 0.1) is 6.92 Å². The van der Waals surface area contributed by atoms with Gasteiger partial charge in [0, 0.05) is 5.69 Å². The highest BCUT2D eigenvalue weighted by Gasteiger charge is 2.09. The first-order valence-corrected chi connectivity index (χ1v) is 6.34. The van der Waals surface area contributed by atoms with Crippen molar-refractivity contribution in [3.8, 4) is 0 Å². The number of carbonyl (C=O) groups is 2. The zero-order chi connectivity index (χ0) is 13.8. The number of thiophene rings is 1. The van der Waals surface area contributed by atoms with Crippen molar-refractivity contribution in [2.24, 2.45) is 0 Å². The van der Waals surface area contributed by atoms with Crippen molar-refractivity contribution in [3.63, 3.8) is 0 Å². The molecule has 1 heterocycles. The number of hydrogen-bond donors (Lipinski definition) is 3. The maximum absolute atomic E-state index is 11.7. The van der Waals surface area contributed by atoms with Crippen LogP contribution in [0.25, 0.3) is 0 Å². The largest absolute Gasteiger partial charge is 0.477 e. The number of carbonyl (C=O) groups excluding carboxylic acids is 1. The van der Waals surface area contributed by atoms with Gasteiger partial charge < -0.3 is 10.4 Å². The number of aromatic carboxylic acids is 1. The highest BCUT2D eigenvalue weighted by atomic mass is 32.1. The molecule has 2 amide bonds. The Hall–Kier alpha value is -2.34. The number of anilines is 2. The first kappa shape index (κ1) is 13.1. The summed E-state index contributed by atoms with van der Waals surface area (Å²) >= 11 is 1.01. The van der Waals surface area contributed by atoms with Gasteiger partial charge in [-0.25, -0.2) is 9.59 Å². The summed E-state index contributed by atoms with van der Waals surface area (Å²) in [6.07, 6.45) is 0. The van der Waals surface area contributed by atoms with Gasteiger partial charge in [0.25, 0.3) is 0 Å². The minimum Gasteiger partial charge on any atom is -0.477 e. The molecule has 0 spiro atoms. The lowest BCUT2D eigenvalue weighted by Crippen LogP contribution is -2.18. The third-order valence-electron chi connectivity index (χ3n) is 2.33. The summed E-state index contributed by atoms with van der Waals surface area (Å²) in [5.74, 6) is -1.00. The molecule has 0 aliphatic heterocycles. The van der Waals surface area contributed by atoms with E-state index >= 15 is 0 Å². The zero-order valence-corrected chi connectivity index (χ0v) is 11.0. The predicted molar refractivity (Wildman–Crippen MR) is 75.1 cm³/mol. The summed E-state index contributed by atoms with van der Waals surface area (Å²) in [6, 6.07) is 10.0. The fraction of sp³-hybridized carbons (Fsp3) is 0.0769. The Bertz CT molecular complexity index is 622. The summed E-state index contributed by atoms with van der Waals surface area (Å²) in [6.45, 7) is 1.93. The number of carboxylic acid groups (broad SMARTS) is 1. The van der Waals surface area contributed by atoms with Gasteiger partial charge in [0.2, 0.25) is 0 Å². The van der Waals surface area contributed by atoms with Gasteiger partial charge in [0.05, 0.1) is 5.00 Å². The van der Waals surface area contributed by atoms with E-state index in [1.54, 1.807) is 12.1 Å². The standard InChI is InChI=1S/C13H12N2O3S/c1-8-3-2-4-9(7-8)14-13(18)15-11-6-5-10(19-11)12(16)17/h2-7H,1H3,(H,16,17)(H2,14,15,18). The van der Waals surface area contributed by atoms with Crippen LogP contribution >= 0.6 is 11.3 Å². The Balaban J connectivity index is 1.99. The van der Waals surface area contributed by atoms with E-state index in [0.717, 1.165) is 16.9 Å². The van der Waals surface area contributed by atoms with Gasteiger partial charge in [-0.15, -0.1) is 11.3 Å². The van der Waals surface area contributed by atoms with E-state index in [2.05, 4.69) is 10.6 Å². The number of benzene rings is 1. The molecule has 3 N–H and O–H groups in total. The monoisotopic (exact) mass is 276 g/mol. The number of urea groups is 1. The molecular formula is C13H12N2O3S. The Kier molecular flexibility index (Phi) is 3.82. The average molecular weight is 276 g/mol. The SMILES string of the molecule is Cc1cccc(NC(=O)Nc2ccc(C(=O)O)s2)c1. The fourth-order valence-electron chi connectivity index (χ4n) is 1.52. The maximum Gasteiger partial charge on any atom is 0.345 e. The molecule has 0 saturated heterocycles. The molecule has 0 fully saturated rings. The van der Waals surface area contributed by atoms with Gasteiger partial charge in [0.1, 0.15) is 4.88 Å². The molecule has 0 saturated carbocycles. The zero-order valence-electron chi connectivity index (χ0n) is 10.1. The van der Waals surface area contributed by atoms with Crippen LogP contribution in [0.15, 0.2) is 36.4 Å². The third-order valence-corrected chi connectivity index (χ3v) is 3.32. The van der Waals surface area contributed by atoms with Crippen molar-refractivity contribution in [2.45, 2.75) is 6.92 Å². The number of aryl methyl sites for hydroxylation is 1. The second-order valence-corrected chi connectivity index (χ2v) is 5.00. The Labute approximate surface area is 113 Å². The first-order valence-electron chi connectivity index (χ1n) is 5.52. The molecule has 19 heavy (non-hydrogen) atoms. The van der Waals surface area contributed by atoms with E-state index in [1.807, 2.05) is 25.1 Å². The highest BCUT2D eigenvalue weighted by molar-refractivity contribution is 7.18. The molecular weight excluding hydrogens is 264 g/mol. The lowest BCUT2D eigenvalue weighted by Gasteiger charge is -2.06. The molecule has 6 heteroatoms. The van der Waals surface area contributed by atoms with Crippen LogP contribution < -0.4 is 10.6 Å². The molecule has 98 valence electrons. The van der Waals surface area contributed by atoms with E-state index in [1.165, 1.54) is 6.07 Å². The van der Waals surface area contributed by atoms with Gasteiger partial charge in [0.15, 0.2) is 0 Å². The summed E-state index contributed by atoms with van der Waals surface area (Å²) < 4.78 is 0. The molecule has 1 aromatic carbocycles. The third kappa shape index (κ3) is 3.56. The predicted octanol–water partition coefficient (Wildman–Crippen LogP) is 3.40. The molecule has 0 bridgehead atoms. The van der Waals surface area contributed by atoms with Crippen LogP contribution in [0.3, 0.4) is 0 Å². The minimum atomic E-state index is -1.00. The van der Waals surface area contributed by atoms with Crippen LogP contribution in [-0.4, -0.2) is 17.1 Å². The molecule has 0 aliphatic rings. The van der Waals surface area contributed by atoms with E-state index < -0.39 is 12.0 Å². The van der Waals surface area contributed by atoms with Crippen molar-refractivity contribution in [1.82, 2.24) is 0 Å². The molecule has 2 aromatic rings. The van der Waals surface area contributed by atoms with Crippen molar-refractivity contribution >= 4 is 34.0 Å². The second kappa shape index (κ2) is 5.53. The minimum absolute atomic E-state index is 0.186. The average Bonchev–Trinajstić information content (AvgIpc) is 2.77. The lowest BCUT2D eigenvalue weighted by atomic mass is 10.2. The molecule has 0 radical (unpaired) electrons. The van der Waals surface area contributed by atoms with E-state index in [-0.39, 0.29) is 4.88 Å². The van der Waals surface area contributed by atoms with Crippen LogP contribution in [0.2, 0.25) is 0 Å². The van der Waals surface area contributed by atoms with Crippen LogP contribution in [-0.2, 0) is 0 Å². The van der Waals surface area contributed by atoms with Crippen LogP contribution in [0.1, 0.15) is 15.2 Å². The molecule has 1 aromatic heterocycles. The van der Waals surface area contributed by atoms with Gasteiger partial charge in [-0.1, -0.05) is 12.1 Å². The van der Waals surface area contributed by atoms with Crippen molar-refractivity contribution < 1.29 is 14.7 Å². The maximum atomic E-state index is 11.7. The Morgan fingerprint density at radius 2 is 1.95 bits per heavy atom. The van der Waals surface area contributed by atoms with E-state index in [9.17, 15) is 9.59 Å². The van der Waals surface area contributed by atoms with Crippen LogP contribution in [0.5, 0.6) is 0 Å². The van der Waals surface area contributed by atoms with Crippen molar-refractivity contribution in [1.29, 1.82) is 0 Å². The number of hydrogen-bond acceptors (Lipinski definition) is 3. The van der Waals surface area contributed by atoms with Gasteiger partial charge in [-0.2, -0.15) is 0 Å². The van der Waals surface area contributed by atoms with Gasteiger partial charge in [-0.05, 0) is 36.8 Å². The Morgan fingerprint density at radius 1 is 1.16 bits per heavy atom. The van der Waals surface area contributed by atoms with Crippen molar-refractivity contribution in [3.05, 3.63) is 46.8 Å². The summed E-state index contributed by atoms with van der Waals surface area (Å²) in [7, 11) is 0. The lowest BCUT2D eigenvalue weighted by molar-refractivity contribution is 0.0702. The van der Waals surface area contributed by atoms with E-state index in [0.29, 0.717) is 10.7 Å². The molecule has 5 nitrogen and oxygen atoms in total. The van der Waals surface area contributed by atoms with E-state index in [4.69, 9.17) is 5.11 Å². The van der Waals surface area contributed by atoms with Crippen LogP contribution in [0.4, 0.5) is 15.5 Å². The second-order valence-electron chi connectivity index (χ2n) is 3.92. The van der Waals surface area contributed by atoms with Crippen molar-refractivity contribution in [2.75, 3.05) is 10.6 Å². The summed E-state index contributed by atoms with van der Waals surface area (Å²) in [4.78, 5) is 22.6. The molecule has 2 rings (SSSR count).